The van der Waals surface area contributed by atoms with Gasteiger partial charge in [0.15, 0.2) is 0 Å². The summed E-state index contributed by atoms with van der Waals surface area (Å²) >= 11 is 0. The third-order valence-electron chi connectivity index (χ3n) is 3.02. The van der Waals surface area contributed by atoms with Crippen LogP contribution in [-0.4, -0.2) is 21.3 Å². The highest BCUT2D eigenvalue weighted by atomic mass is 16.5. The van der Waals surface area contributed by atoms with Gasteiger partial charge in [-0.3, -0.25) is 0 Å². The van der Waals surface area contributed by atoms with Crippen molar-refractivity contribution in [1.82, 2.24) is 0 Å². The lowest BCUT2D eigenvalue weighted by atomic mass is 10.2. The Morgan fingerprint density at radius 2 is 1.60 bits per heavy atom. The summed E-state index contributed by atoms with van der Waals surface area (Å²) in [5, 5.41) is 3.35. The van der Waals surface area contributed by atoms with Gasteiger partial charge >= 0.3 is 0 Å². The molecule has 0 fully saturated rings. The molecule has 4 nitrogen and oxygen atoms in total. The molecular weight excluding hydrogens is 254 g/mol. The van der Waals surface area contributed by atoms with Crippen LogP contribution < -0.4 is 19.5 Å². The van der Waals surface area contributed by atoms with Gasteiger partial charge in [-0.15, -0.1) is 0 Å². The average Bonchev–Trinajstić information content (AvgIpc) is 2.52. The third kappa shape index (κ3) is 3.35. The second-order valence-electron chi connectivity index (χ2n) is 4.27. The smallest absolute Gasteiger partial charge is 0.142 e. The maximum Gasteiger partial charge on any atom is 0.142 e. The van der Waals surface area contributed by atoms with Crippen molar-refractivity contribution in [2.75, 3.05) is 26.6 Å². The van der Waals surface area contributed by atoms with Gasteiger partial charge < -0.3 is 19.5 Å². The second-order valence-corrected chi connectivity index (χ2v) is 4.27. The minimum atomic E-state index is 0.681. The van der Waals surface area contributed by atoms with E-state index in [0.29, 0.717) is 6.54 Å². The summed E-state index contributed by atoms with van der Waals surface area (Å²) in [6, 6.07) is 13.6. The molecule has 0 aliphatic heterocycles. The fraction of sp³-hybridized carbons (Fsp3) is 0.250. The van der Waals surface area contributed by atoms with Crippen molar-refractivity contribution in [3.05, 3.63) is 48.0 Å². The van der Waals surface area contributed by atoms with Crippen LogP contribution in [0.15, 0.2) is 42.5 Å². The molecule has 0 aliphatic carbocycles. The third-order valence-corrected chi connectivity index (χ3v) is 3.02. The van der Waals surface area contributed by atoms with E-state index in [2.05, 4.69) is 5.32 Å². The van der Waals surface area contributed by atoms with Gasteiger partial charge in [-0.25, -0.2) is 0 Å². The SMILES string of the molecule is COc1cccc(CNc2cc(OC)ccc2OC)c1. The fourth-order valence-corrected chi connectivity index (χ4v) is 1.93. The van der Waals surface area contributed by atoms with Gasteiger partial charge in [-0.2, -0.15) is 0 Å². The molecule has 0 atom stereocenters. The zero-order chi connectivity index (χ0) is 14.4. The zero-order valence-corrected chi connectivity index (χ0v) is 12.0. The molecule has 0 aliphatic rings. The standard InChI is InChI=1S/C16H19NO3/c1-18-13-6-4-5-12(9-13)11-17-15-10-14(19-2)7-8-16(15)20-3/h4-10,17H,11H2,1-3H3. The predicted molar refractivity (Wildman–Crippen MR) is 79.9 cm³/mol. The van der Waals surface area contributed by atoms with Crippen LogP contribution in [0, 0.1) is 0 Å². The molecule has 0 spiro atoms. The van der Waals surface area contributed by atoms with Crippen LogP contribution in [0.5, 0.6) is 17.2 Å². The van der Waals surface area contributed by atoms with Gasteiger partial charge in [0, 0.05) is 12.6 Å². The van der Waals surface area contributed by atoms with E-state index in [-0.39, 0.29) is 0 Å². The quantitative estimate of drug-likeness (QED) is 0.876. The number of rotatable bonds is 6. The Morgan fingerprint density at radius 3 is 2.30 bits per heavy atom. The highest BCUT2D eigenvalue weighted by molar-refractivity contribution is 5.60. The van der Waals surface area contributed by atoms with E-state index in [4.69, 9.17) is 14.2 Å². The van der Waals surface area contributed by atoms with Crippen LogP contribution >= 0.6 is 0 Å². The predicted octanol–water partition coefficient (Wildman–Crippen LogP) is 3.32. The van der Waals surface area contributed by atoms with Crippen molar-refractivity contribution in [1.29, 1.82) is 0 Å². The minimum absolute atomic E-state index is 0.681. The van der Waals surface area contributed by atoms with E-state index in [1.54, 1.807) is 21.3 Å². The molecule has 20 heavy (non-hydrogen) atoms. The Labute approximate surface area is 119 Å². The van der Waals surface area contributed by atoms with Crippen molar-refractivity contribution < 1.29 is 14.2 Å². The normalized spacial score (nSPS) is 9.95. The second kappa shape index (κ2) is 6.70. The summed E-state index contributed by atoms with van der Waals surface area (Å²) < 4.78 is 15.8. The lowest BCUT2D eigenvalue weighted by molar-refractivity contribution is 0.404. The number of methoxy groups -OCH3 is 3. The fourth-order valence-electron chi connectivity index (χ4n) is 1.93. The zero-order valence-electron chi connectivity index (χ0n) is 12.0. The summed E-state index contributed by atoms with van der Waals surface area (Å²) in [6.07, 6.45) is 0. The Kier molecular flexibility index (Phi) is 4.71. The lowest BCUT2D eigenvalue weighted by Gasteiger charge is -2.13. The first-order valence-corrected chi connectivity index (χ1v) is 6.35. The van der Waals surface area contributed by atoms with E-state index in [1.165, 1.54) is 0 Å². The van der Waals surface area contributed by atoms with Crippen molar-refractivity contribution in [3.8, 4) is 17.2 Å². The molecule has 0 saturated carbocycles. The van der Waals surface area contributed by atoms with E-state index in [1.807, 2.05) is 42.5 Å². The number of benzene rings is 2. The molecule has 0 aromatic heterocycles. The first kappa shape index (κ1) is 14.1. The van der Waals surface area contributed by atoms with Crippen LogP contribution in [0.1, 0.15) is 5.56 Å². The first-order chi connectivity index (χ1) is 9.76. The van der Waals surface area contributed by atoms with Crippen LogP contribution in [0.3, 0.4) is 0 Å². The molecular formula is C16H19NO3. The average molecular weight is 273 g/mol. The van der Waals surface area contributed by atoms with Crippen LogP contribution in [0.2, 0.25) is 0 Å². The van der Waals surface area contributed by atoms with Crippen molar-refractivity contribution >= 4 is 5.69 Å². The topological polar surface area (TPSA) is 39.7 Å². The first-order valence-electron chi connectivity index (χ1n) is 6.35. The van der Waals surface area contributed by atoms with Crippen LogP contribution in [0.25, 0.3) is 0 Å². The van der Waals surface area contributed by atoms with Crippen molar-refractivity contribution in [2.24, 2.45) is 0 Å². The van der Waals surface area contributed by atoms with E-state index >= 15 is 0 Å². The van der Waals surface area contributed by atoms with Crippen molar-refractivity contribution in [2.45, 2.75) is 6.54 Å². The summed E-state index contributed by atoms with van der Waals surface area (Å²) in [6.45, 7) is 0.681. The molecule has 0 unspecified atom stereocenters. The van der Waals surface area contributed by atoms with Crippen LogP contribution in [0.4, 0.5) is 5.69 Å². The van der Waals surface area contributed by atoms with Gasteiger partial charge in [0.25, 0.3) is 0 Å². The molecule has 0 bridgehead atoms. The maximum absolute atomic E-state index is 5.34. The van der Waals surface area contributed by atoms with E-state index in [0.717, 1.165) is 28.5 Å². The van der Waals surface area contributed by atoms with Gasteiger partial charge in [-0.05, 0) is 29.8 Å². The molecule has 106 valence electrons. The molecule has 4 heteroatoms. The van der Waals surface area contributed by atoms with E-state index < -0.39 is 0 Å². The van der Waals surface area contributed by atoms with Crippen molar-refractivity contribution in [3.63, 3.8) is 0 Å². The number of anilines is 1. The molecule has 2 aromatic rings. The number of nitrogens with one attached hydrogen (secondary N) is 1. The van der Waals surface area contributed by atoms with Gasteiger partial charge in [-0.1, -0.05) is 12.1 Å². The summed E-state index contributed by atoms with van der Waals surface area (Å²) in [5.41, 5.74) is 2.03. The molecule has 2 rings (SSSR count). The van der Waals surface area contributed by atoms with Gasteiger partial charge in [0.1, 0.15) is 17.2 Å². The highest BCUT2D eigenvalue weighted by Gasteiger charge is 2.05. The Hall–Kier alpha value is -2.36. The summed E-state index contributed by atoms with van der Waals surface area (Å²) in [5.74, 6) is 2.43. The van der Waals surface area contributed by atoms with E-state index in [9.17, 15) is 0 Å². The molecule has 2 aromatic carbocycles. The summed E-state index contributed by atoms with van der Waals surface area (Å²) in [4.78, 5) is 0. The number of hydrogen-bond acceptors (Lipinski definition) is 4. The van der Waals surface area contributed by atoms with Gasteiger partial charge in [0.05, 0.1) is 27.0 Å². The lowest BCUT2D eigenvalue weighted by Crippen LogP contribution is -2.02. The Morgan fingerprint density at radius 1 is 0.850 bits per heavy atom. The Bertz CT molecular complexity index is 569. The highest BCUT2D eigenvalue weighted by Crippen LogP contribution is 2.29. The molecule has 0 radical (unpaired) electrons. The largest absolute Gasteiger partial charge is 0.497 e. The summed E-state index contributed by atoms with van der Waals surface area (Å²) in [7, 11) is 4.96. The maximum atomic E-state index is 5.34. The molecule has 1 N–H and O–H groups in total. The molecule has 0 amide bonds. The number of ether oxygens (including phenoxy) is 3. The monoisotopic (exact) mass is 273 g/mol. The Balaban J connectivity index is 2.12. The van der Waals surface area contributed by atoms with Crippen LogP contribution in [-0.2, 0) is 6.54 Å². The number of hydrogen-bond donors (Lipinski definition) is 1. The molecule has 0 heterocycles. The molecule has 0 saturated heterocycles. The minimum Gasteiger partial charge on any atom is -0.497 e. The van der Waals surface area contributed by atoms with Gasteiger partial charge in [0.2, 0.25) is 0 Å².